The van der Waals surface area contributed by atoms with Crippen LogP contribution in [0.25, 0.3) is 0 Å². The van der Waals surface area contributed by atoms with E-state index in [1.54, 1.807) is 36.4 Å². The van der Waals surface area contributed by atoms with Gasteiger partial charge < -0.3 is 4.74 Å². The minimum Gasteiger partial charge on any atom is -0.464 e. The molecule has 7 heteroatoms. The number of benzene rings is 4. The Morgan fingerprint density at radius 3 is 2.02 bits per heavy atom. The molecule has 6 rings (SSSR count). The van der Waals surface area contributed by atoms with Crippen LogP contribution in [0.4, 0.5) is 0 Å². The number of hydrogen-bond donors (Lipinski definition) is 0. The molecule has 0 N–H and O–H groups in total. The summed E-state index contributed by atoms with van der Waals surface area (Å²) in [5.41, 5.74) is 2.83. The van der Waals surface area contributed by atoms with Gasteiger partial charge in [0.1, 0.15) is 5.70 Å². The molecular formula is C34H30ClNO4S. The second-order valence-electron chi connectivity index (χ2n) is 10.7. The molecular weight excluding hydrogens is 554 g/mol. The van der Waals surface area contributed by atoms with E-state index in [1.807, 2.05) is 61.5 Å². The first-order valence-electron chi connectivity index (χ1n) is 13.6. The van der Waals surface area contributed by atoms with E-state index in [1.165, 1.54) is 11.4 Å². The highest BCUT2D eigenvalue weighted by atomic mass is 35.5. The fraction of sp³-hybridized carbons (Fsp3) is 0.206. The van der Waals surface area contributed by atoms with Gasteiger partial charge in [0.05, 0.1) is 17.5 Å². The van der Waals surface area contributed by atoms with Gasteiger partial charge in [-0.15, -0.1) is 0 Å². The van der Waals surface area contributed by atoms with E-state index in [-0.39, 0.29) is 28.3 Å². The summed E-state index contributed by atoms with van der Waals surface area (Å²) in [4.78, 5) is 13.5. The Labute approximate surface area is 246 Å². The second-order valence-corrected chi connectivity index (χ2v) is 13.0. The van der Waals surface area contributed by atoms with E-state index in [4.69, 9.17) is 16.3 Å². The molecule has 4 aromatic carbocycles. The maximum atomic E-state index is 14.7. The molecule has 0 saturated heterocycles. The topological polar surface area (TPSA) is 63.7 Å². The van der Waals surface area contributed by atoms with E-state index in [0.717, 1.165) is 22.3 Å². The van der Waals surface area contributed by atoms with Crippen LogP contribution in [0.5, 0.6) is 0 Å². The van der Waals surface area contributed by atoms with Crippen molar-refractivity contribution in [3.8, 4) is 0 Å². The molecule has 1 saturated carbocycles. The Balaban J connectivity index is 1.66. The summed E-state index contributed by atoms with van der Waals surface area (Å²) in [6.45, 7) is 1.91. The highest BCUT2D eigenvalue weighted by molar-refractivity contribution is 7.89. The number of ether oxygens (including phenoxy) is 1. The third-order valence-electron chi connectivity index (χ3n) is 8.53. The van der Waals surface area contributed by atoms with Gasteiger partial charge in [0.2, 0.25) is 0 Å². The fourth-order valence-electron chi connectivity index (χ4n) is 6.78. The second kappa shape index (κ2) is 10.5. The lowest BCUT2D eigenvalue weighted by Gasteiger charge is -2.41. The van der Waals surface area contributed by atoms with Crippen molar-refractivity contribution in [2.24, 2.45) is 5.92 Å². The zero-order valence-corrected chi connectivity index (χ0v) is 24.3. The van der Waals surface area contributed by atoms with Crippen LogP contribution in [0.3, 0.4) is 0 Å². The van der Waals surface area contributed by atoms with Crippen molar-refractivity contribution in [3.63, 3.8) is 0 Å². The molecule has 4 atom stereocenters. The third kappa shape index (κ3) is 4.46. The molecule has 208 valence electrons. The van der Waals surface area contributed by atoms with Gasteiger partial charge >= 0.3 is 5.97 Å². The molecule has 0 bridgehead atoms. The summed E-state index contributed by atoms with van der Waals surface area (Å²) in [6, 6.07) is 34.4. The molecule has 4 aromatic rings. The number of esters is 1. The quantitative estimate of drug-likeness (QED) is 0.225. The number of aryl methyl sites for hydroxylation is 1. The minimum absolute atomic E-state index is 0.0282. The molecule has 2 aliphatic rings. The molecule has 0 aromatic heterocycles. The van der Waals surface area contributed by atoms with E-state index in [0.29, 0.717) is 11.4 Å². The predicted octanol–water partition coefficient (Wildman–Crippen LogP) is 7.19. The van der Waals surface area contributed by atoms with Gasteiger partial charge in [0.25, 0.3) is 10.0 Å². The van der Waals surface area contributed by atoms with Crippen LogP contribution in [0, 0.1) is 12.8 Å². The molecule has 0 amide bonds. The molecule has 1 aliphatic carbocycles. The summed E-state index contributed by atoms with van der Waals surface area (Å²) in [6.07, 6.45) is 2.28. The average Bonchev–Trinajstić information content (AvgIpc) is 3.51. The SMILES string of the molecule is COC(=O)C1=C[C@H]2[C@H](c3ccccc3)[C@@H](c3ccccc3)C[C@@]2(c2ccc(Cl)cc2)N1S(=O)(=O)c1ccc(C)cc1. The van der Waals surface area contributed by atoms with Crippen LogP contribution in [-0.4, -0.2) is 25.8 Å². The Kier molecular flexibility index (Phi) is 7.00. The molecule has 1 fully saturated rings. The van der Waals surface area contributed by atoms with Crippen molar-refractivity contribution in [1.29, 1.82) is 0 Å². The van der Waals surface area contributed by atoms with Crippen LogP contribution in [0.1, 0.15) is 40.5 Å². The van der Waals surface area contributed by atoms with Gasteiger partial charge in [0, 0.05) is 10.9 Å². The van der Waals surface area contributed by atoms with Gasteiger partial charge in [-0.05, 0) is 72.2 Å². The zero-order chi connectivity index (χ0) is 28.8. The van der Waals surface area contributed by atoms with Crippen LogP contribution >= 0.6 is 11.6 Å². The lowest BCUT2D eigenvalue weighted by Crippen LogP contribution is -2.48. The summed E-state index contributed by atoms with van der Waals surface area (Å²) in [5, 5.41) is 0.547. The van der Waals surface area contributed by atoms with E-state index in [9.17, 15) is 13.2 Å². The van der Waals surface area contributed by atoms with E-state index in [2.05, 4.69) is 24.3 Å². The number of sulfonamides is 1. The van der Waals surface area contributed by atoms with Gasteiger partial charge in [0.15, 0.2) is 0 Å². The van der Waals surface area contributed by atoms with Crippen LogP contribution in [-0.2, 0) is 25.1 Å². The number of rotatable bonds is 6. The fourth-order valence-corrected chi connectivity index (χ4v) is 8.72. The molecule has 5 nitrogen and oxygen atoms in total. The number of hydrogen-bond acceptors (Lipinski definition) is 4. The maximum absolute atomic E-state index is 14.7. The standard InChI is InChI=1S/C34H30ClNO4S/c1-23-13-19-28(20-14-23)41(38,39)36-31(33(37)40-2)21-30-32(25-11-7-4-8-12-25)29(24-9-5-3-6-10-24)22-34(30,36)26-15-17-27(35)18-16-26/h3-21,29-30,32H,22H2,1-2H3/t29-,30+,32-,34+/m1/s1. The molecule has 0 unspecified atom stereocenters. The van der Waals surface area contributed by atoms with Crippen LogP contribution in [0.15, 0.2) is 126 Å². The van der Waals surface area contributed by atoms with Crippen molar-refractivity contribution in [3.05, 3.63) is 148 Å². The molecule has 0 radical (unpaired) electrons. The Morgan fingerprint density at radius 2 is 1.44 bits per heavy atom. The van der Waals surface area contributed by atoms with E-state index >= 15 is 0 Å². The van der Waals surface area contributed by atoms with Gasteiger partial charge in [-0.3, -0.25) is 0 Å². The summed E-state index contributed by atoms with van der Waals surface area (Å²) >= 11 is 6.33. The first-order valence-corrected chi connectivity index (χ1v) is 15.4. The summed E-state index contributed by atoms with van der Waals surface area (Å²) in [7, 11) is -2.93. The molecule has 41 heavy (non-hydrogen) atoms. The van der Waals surface area contributed by atoms with Crippen molar-refractivity contribution in [2.75, 3.05) is 7.11 Å². The Hall–Kier alpha value is -3.87. The van der Waals surface area contributed by atoms with Gasteiger partial charge in [-0.2, -0.15) is 0 Å². The number of nitrogens with zero attached hydrogens (tertiary/aromatic N) is 1. The van der Waals surface area contributed by atoms with Crippen LogP contribution < -0.4 is 0 Å². The van der Waals surface area contributed by atoms with Crippen molar-refractivity contribution >= 4 is 27.6 Å². The molecule has 0 spiro atoms. The summed E-state index contributed by atoms with van der Waals surface area (Å²) < 4.78 is 36.0. The number of halogens is 1. The Morgan fingerprint density at radius 1 is 0.854 bits per heavy atom. The lowest BCUT2D eigenvalue weighted by atomic mass is 9.76. The largest absolute Gasteiger partial charge is 0.464 e. The normalized spacial score (nSPS) is 23.6. The Bertz CT molecular complexity index is 1700. The lowest BCUT2D eigenvalue weighted by molar-refractivity contribution is -0.137. The van der Waals surface area contributed by atoms with Crippen LogP contribution in [0.2, 0.25) is 5.02 Å². The minimum atomic E-state index is -4.21. The zero-order valence-electron chi connectivity index (χ0n) is 22.8. The highest BCUT2D eigenvalue weighted by Crippen LogP contribution is 2.66. The number of fused-ring (bicyclic) bond motifs is 1. The van der Waals surface area contributed by atoms with Crippen molar-refractivity contribution < 1.29 is 17.9 Å². The smallest absolute Gasteiger partial charge is 0.355 e. The van der Waals surface area contributed by atoms with E-state index < -0.39 is 21.5 Å². The molecule has 1 heterocycles. The number of carbonyl (C=O) groups excluding carboxylic acids is 1. The molecule has 1 aliphatic heterocycles. The number of methoxy groups -OCH3 is 1. The first kappa shape index (κ1) is 27.3. The predicted molar refractivity (Wildman–Crippen MR) is 160 cm³/mol. The van der Waals surface area contributed by atoms with Crippen molar-refractivity contribution in [2.45, 2.75) is 35.6 Å². The third-order valence-corrected chi connectivity index (χ3v) is 10.7. The summed E-state index contributed by atoms with van der Waals surface area (Å²) in [5.74, 6) is -1.21. The highest BCUT2D eigenvalue weighted by Gasteiger charge is 2.64. The number of carbonyl (C=O) groups is 1. The van der Waals surface area contributed by atoms with Gasteiger partial charge in [-0.1, -0.05) is 102 Å². The average molecular weight is 584 g/mol. The first-order chi connectivity index (χ1) is 19.8. The van der Waals surface area contributed by atoms with Crippen molar-refractivity contribution in [1.82, 2.24) is 4.31 Å². The monoisotopic (exact) mass is 583 g/mol. The maximum Gasteiger partial charge on any atom is 0.355 e. The van der Waals surface area contributed by atoms with Gasteiger partial charge in [-0.25, -0.2) is 17.5 Å².